The summed E-state index contributed by atoms with van der Waals surface area (Å²) < 4.78 is 5.56. The van der Waals surface area contributed by atoms with Crippen molar-refractivity contribution in [2.75, 3.05) is 0 Å². The summed E-state index contributed by atoms with van der Waals surface area (Å²) in [6.45, 7) is 7.53. The third-order valence-electron chi connectivity index (χ3n) is 2.47. The molecule has 100 valence electrons. The molecule has 0 fully saturated rings. The first-order valence-corrected chi connectivity index (χ1v) is 6.22. The third kappa shape index (κ3) is 3.22. The molecule has 1 heterocycles. The maximum Gasteiger partial charge on any atom is 0.274 e. The summed E-state index contributed by atoms with van der Waals surface area (Å²) >= 11 is 0. The fourth-order valence-corrected chi connectivity index (χ4v) is 1.77. The van der Waals surface area contributed by atoms with Gasteiger partial charge in [0.1, 0.15) is 0 Å². The predicted molar refractivity (Wildman–Crippen MR) is 73.9 cm³/mol. The Morgan fingerprint density at radius 2 is 1.84 bits per heavy atom. The number of nitrogens with zero attached hydrogens (tertiary/aromatic N) is 1. The molecule has 4 nitrogen and oxygen atoms in total. The maximum absolute atomic E-state index is 12.2. The van der Waals surface area contributed by atoms with Gasteiger partial charge in [0.15, 0.2) is 17.3 Å². The first-order chi connectivity index (χ1) is 8.87. The van der Waals surface area contributed by atoms with Crippen molar-refractivity contribution in [2.45, 2.75) is 33.2 Å². The molecule has 0 aliphatic heterocycles. The summed E-state index contributed by atoms with van der Waals surface area (Å²) in [6.07, 6.45) is 0. The van der Waals surface area contributed by atoms with E-state index in [1.54, 1.807) is 6.92 Å². The van der Waals surface area contributed by atoms with Gasteiger partial charge in [-0.05, 0) is 20.8 Å². The molecule has 0 radical (unpaired) electrons. The molecule has 0 spiro atoms. The van der Waals surface area contributed by atoms with Gasteiger partial charge in [-0.15, -0.1) is 0 Å². The van der Waals surface area contributed by atoms with E-state index in [9.17, 15) is 4.79 Å². The molecule has 0 aliphatic carbocycles. The first kappa shape index (κ1) is 13.3. The Labute approximate surface area is 112 Å². The van der Waals surface area contributed by atoms with Crippen LogP contribution in [0.1, 0.15) is 37.2 Å². The minimum atomic E-state index is -0.308. The average molecular weight is 258 g/mol. The third-order valence-corrected chi connectivity index (χ3v) is 2.47. The van der Waals surface area contributed by atoms with Crippen LogP contribution in [0, 0.1) is 6.92 Å². The molecule has 1 aromatic heterocycles. The molecule has 0 bridgehead atoms. The zero-order chi connectivity index (χ0) is 14.0. The van der Waals surface area contributed by atoms with Gasteiger partial charge in [-0.1, -0.05) is 30.3 Å². The Hall–Kier alpha value is -2.10. The highest BCUT2D eigenvalue weighted by Crippen LogP contribution is 2.24. The molecule has 2 aromatic rings. The van der Waals surface area contributed by atoms with Gasteiger partial charge in [0, 0.05) is 18.0 Å². The van der Waals surface area contributed by atoms with Crippen molar-refractivity contribution in [2.24, 2.45) is 0 Å². The summed E-state index contributed by atoms with van der Waals surface area (Å²) in [7, 11) is 0. The second-order valence-electron chi connectivity index (χ2n) is 5.48. The topological polar surface area (TPSA) is 55.1 Å². The van der Waals surface area contributed by atoms with Crippen molar-refractivity contribution in [3.05, 3.63) is 41.9 Å². The monoisotopic (exact) mass is 258 g/mol. The summed E-state index contributed by atoms with van der Waals surface area (Å²) in [5, 5.41) is 2.90. The molecule has 1 N–H and O–H groups in total. The Balaban J connectivity index is 2.40. The van der Waals surface area contributed by atoms with Gasteiger partial charge < -0.3 is 9.73 Å². The average Bonchev–Trinajstić information content (AvgIpc) is 2.70. The number of nitrogens with one attached hydrogen (secondary N) is 1. The van der Waals surface area contributed by atoms with E-state index >= 15 is 0 Å². The SMILES string of the molecule is Cc1nc(C(=O)NC(C)(C)C)c(-c2ccccc2)o1. The summed E-state index contributed by atoms with van der Waals surface area (Å²) in [5.41, 5.74) is 0.874. The number of hydrogen-bond acceptors (Lipinski definition) is 3. The molecular formula is C15H18N2O2. The van der Waals surface area contributed by atoms with Crippen molar-refractivity contribution in [3.8, 4) is 11.3 Å². The van der Waals surface area contributed by atoms with Crippen LogP contribution in [0.25, 0.3) is 11.3 Å². The highest BCUT2D eigenvalue weighted by atomic mass is 16.4. The number of hydrogen-bond donors (Lipinski definition) is 1. The molecule has 0 saturated heterocycles. The van der Waals surface area contributed by atoms with E-state index in [0.717, 1.165) is 5.56 Å². The Kier molecular flexibility index (Phi) is 3.42. The van der Waals surface area contributed by atoms with E-state index in [1.165, 1.54) is 0 Å². The van der Waals surface area contributed by atoms with Crippen molar-refractivity contribution >= 4 is 5.91 Å². The zero-order valence-corrected chi connectivity index (χ0v) is 11.7. The summed E-state index contributed by atoms with van der Waals surface area (Å²) in [5.74, 6) is 0.779. The lowest BCUT2D eigenvalue weighted by Gasteiger charge is -2.19. The van der Waals surface area contributed by atoms with E-state index in [0.29, 0.717) is 17.3 Å². The second-order valence-corrected chi connectivity index (χ2v) is 5.48. The predicted octanol–water partition coefficient (Wildman–Crippen LogP) is 3.18. The van der Waals surface area contributed by atoms with Crippen LogP contribution in [0.5, 0.6) is 0 Å². The van der Waals surface area contributed by atoms with Gasteiger partial charge in [-0.3, -0.25) is 4.79 Å². The van der Waals surface area contributed by atoms with Crippen molar-refractivity contribution in [1.29, 1.82) is 0 Å². The van der Waals surface area contributed by atoms with E-state index < -0.39 is 0 Å². The minimum absolute atomic E-state index is 0.219. The lowest BCUT2D eigenvalue weighted by molar-refractivity contribution is 0.0915. The van der Waals surface area contributed by atoms with Gasteiger partial charge in [0.2, 0.25) is 0 Å². The number of benzene rings is 1. The molecule has 19 heavy (non-hydrogen) atoms. The standard InChI is InChI=1S/C15H18N2O2/c1-10-16-12(14(18)17-15(2,3)4)13(19-10)11-8-6-5-7-9-11/h5-9H,1-4H3,(H,17,18). The van der Waals surface area contributed by atoms with Gasteiger partial charge in [-0.25, -0.2) is 4.98 Å². The van der Waals surface area contributed by atoms with Crippen molar-refractivity contribution in [1.82, 2.24) is 10.3 Å². The van der Waals surface area contributed by atoms with Crippen LogP contribution in [-0.4, -0.2) is 16.4 Å². The van der Waals surface area contributed by atoms with Crippen LogP contribution < -0.4 is 5.32 Å². The van der Waals surface area contributed by atoms with E-state index in [1.807, 2.05) is 51.1 Å². The second kappa shape index (κ2) is 4.88. The van der Waals surface area contributed by atoms with Gasteiger partial charge >= 0.3 is 0 Å². The van der Waals surface area contributed by atoms with Gasteiger partial charge in [-0.2, -0.15) is 0 Å². The molecule has 4 heteroatoms. The van der Waals surface area contributed by atoms with E-state index in [2.05, 4.69) is 10.3 Å². The molecular weight excluding hydrogens is 240 g/mol. The molecule has 0 aliphatic rings. The number of amides is 1. The van der Waals surface area contributed by atoms with Crippen LogP contribution in [-0.2, 0) is 0 Å². The lowest BCUT2D eigenvalue weighted by Crippen LogP contribution is -2.40. The fourth-order valence-electron chi connectivity index (χ4n) is 1.77. The number of aryl methyl sites for hydroxylation is 1. The molecule has 0 unspecified atom stereocenters. The first-order valence-electron chi connectivity index (χ1n) is 6.22. The lowest BCUT2D eigenvalue weighted by atomic mass is 10.1. The van der Waals surface area contributed by atoms with Gasteiger partial charge in [0.05, 0.1) is 0 Å². The Morgan fingerprint density at radius 1 is 1.21 bits per heavy atom. The summed E-state index contributed by atoms with van der Waals surface area (Å²) in [4.78, 5) is 16.4. The molecule has 2 rings (SSSR count). The summed E-state index contributed by atoms with van der Waals surface area (Å²) in [6, 6.07) is 9.51. The number of rotatable bonds is 2. The zero-order valence-electron chi connectivity index (χ0n) is 11.7. The van der Waals surface area contributed by atoms with Crippen LogP contribution in [0.4, 0.5) is 0 Å². The number of aromatic nitrogens is 1. The maximum atomic E-state index is 12.2. The highest BCUT2D eigenvalue weighted by molar-refractivity contribution is 5.98. The minimum Gasteiger partial charge on any atom is -0.440 e. The fraction of sp³-hybridized carbons (Fsp3) is 0.333. The van der Waals surface area contributed by atoms with Crippen LogP contribution in [0.3, 0.4) is 0 Å². The van der Waals surface area contributed by atoms with Crippen molar-refractivity contribution < 1.29 is 9.21 Å². The van der Waals surface area contributed by atoms with Crippen molar-refractivity contribution in [3.63, 3.8) is 0 Å². The number of oxazole rings is 1. The quantitative estimate of drug-likeness (QED) is 0.900. The number of carbonyl (C=O) groups excluding carboxylic acids is 1. The highest BCUT2D eigenvalue weighted by Gasteiger charge is 2.23. The molecule has 1 amide bonds. The Morgan fingerprint density at radius 3 is 2.42 bits per heavy atom. The Bertz CT molecular complexity index is 580. The van der Waals surface area contributed by atoms with E-state index in [-0.39, 0.29) is 11.4 Å². The smallest absolute Gasteiger partial charge is 0.274 e. The van der Waals surface area contributed by atoms with Crippen LogP contribution in [0.2, 0.25) is 0 Å². The van der Waals surface area contributed by atoms with Gasteiger partial charge in [0.25, 0.3) is 5.91 Å². The van der Waals surface area contributed by atoms with E-state index in [4.69, 9.17) is 4.42 Å². The molecule has 0 atom stereocenters. The molecule has 1 aromatic carbocycles. The van der Waals surface area contributed by atoms with Crippen LogP contribution >= 0.6 is 0 Å². The number of carbonyl (C=O) groups is 1. The normalized spacial score (nSPS) is 11.4. The molecule has 0 saturated carbocycles. The van der Waals surface area contributed by atoms with Crippen LogP contribution in [0.15, 0.2) is 34.7 Å². The largest absolute Gasteiger partial charge is 0.440 e.